The highest BCUT2D eigenvalue weighted by Gasteiger charge is 2.18. The van der Waals surface area contributed by atoms with Crippen LogP contribution in [0.3, 0.4) is 0 Å². The molecule has 2 aromatic carbocycles. The zero-order valence-electron chi connectivity index (χ0n) is 14.6. The van der Waals surface area contributed by atoms with Gasteiger partial charge in [-0.05, 0) is 18.1 Å². The maximum absolute atomic E-state index is 12.6. The largest absolute Gasteiger partial charge is 0.456 e. The van der Waals surface area contributed by atoms with Crippen LogP contribution in [0.2, 0.25) is 5.02 Å². The fourth-order valence-corrected chi connectivity index (χ4v) is 2.87. The number of fused-ring (bicyclic) bond motifs is 1. The predicted octanol–water partition coefficient (Wildman–Crippen LogP) is 4.06. The molecule has 0 unspecified atom stereocenters. The van der Waals surface area contributed by atoms with E-state index in [0.29, 0.717) is 27.9 Å². The Labute approximate surface area is 156 Å². The number of nitrogens with zero attached hydrogens (tertiary/aromatic N) is 2. The van der Waals surface area contributed by atoms with E-state index in [9.17, 15) is 9.59 Å². The minimum absolute atomic E-state index is 0.0395. The van der Waals surface area contributed by atoms with Gasteiger partial charge in [-0.1, -0.05) is 61.8 Å². The van der Waals surface area contributed by atoms with Crippen molar-refractivity contribution in [3.8, 4) is 0 Å². The van der Waals surface area contributed by atoms with Crippen molar-refractivity contribution in [2.45, 2.75) is 27.0 Å². The number of benzene rings is 2. The average molecular weight is 371 g/mol. The SMILES string of the molecule is CC(C)Cn1nc(C(=O)OCc2ccccc2Cl)c2ccccc2c1=O. The van der Waals surface area contributed by atoms with Crippen LogP contribution < -0.4 is 5.56 Å². The van der Waals surface area contributed by atoms with Crippen LogP contribution in [-0.4, -0.2) is 15.7 Å². The van der Waals surface area contributed by atoms with Crippen molar-refractivity contribution in [3.63, 3.8) is 0 Å². The van der Waals surface area contributed by atoms with Crippen LogP contribution in [0.15, 0.2) is 53.3 Å². The number of carbonyl (C=O) groups excluding carboxylic acids is 1. The van der Waals surface area contributed by atoms with E-state index in [-0.39, 0.29) is 23.8 Å². The number of ether oxygens (including phenoxy) is 1. The molecule has 0 N–H and O–H groups in total. The first-order valence-corrected chi connectivity index (χ1v) is 8.75. The number of hydrogen-bond donors (Lipinski definition) is 0. The van der Waals surface area contributed by atoms with Crippen LogP contribution in [-0.2, 0) is 17.9 Å². The molecule has 1 heterocycles. The van der Waals surface area contributed by atoms with Gasteiger partial charge in [-0.15, -0.1) is 0 Å². The van der Waals surface area contributed by atoms with Crippen molar-refractivity contribution in [2.75, 3.05) is 0 Å². The normalized spacial score (nSPS) is 11.1. The Morgan fingerprint density at radius 1 is 1.12 bits per heavy atom. The van der Waals surface area contributed by atoms with Crippen molar-refractivity contribution >= 4 is 28.3 Å². The minimum Gasteiger partial charge on any atom is -0.456 e. The highest BCUT2D eigenvalue weighted by Crippen LogP contribution is 2.18. The molecule has 0 radical (unpaired) electrons. The molecule has 0 spiro atoms. The van der Waals surface area contributed by atoms with E-state index in [1.165, 1.54) is 4.68 Å². The summed E-state index contributed by atoms with van der Waals surface area (Å²) in [5.74, 6) is -0.369. The van der Waals surface area contributed by atoms with E-state index < -0.39 is 5.97 Å². The summed E-state index contributed by atoms with van der Waals surface area (Å²) in [6.45, 7) is 4.43. The molecule has 1 aromatic heterocycles. The van der Waals surface area contributed by atoms with E-state index >= 15 is 0 Å². The summed E-state index contributed by atoms with van der Waals surface area (Å²) >= 11 is 6.10. The molecule has 26 heavy (non-hydrogen) atoms. The summed E-state index contributed by atoms with van der Waals surface area (Å²) in [6.07, 6.45) is 0. The second-order valence-corrected chi connectivity index (χ2v) is 6.85. The summed E-state index contributed by atoms with van der Waals surface area (Å²) in [4.78, 5) is 25.2. The van der Waals surface area contributed by atoms with Gasteiger partial charge in [0.15, 0.2) is 5.69 Å². The molecule has 6 heteroatoms. The molecule has 0 fully saturated rings. The van der Waals surface area contributed by atoms with Gasteiger partial charge in [-0.25, -0.2) is 9.48 Å². The van der Waals surface area contributed by atoms with E-state index in [1.54, 1.807) is 36.4 Å². The summed E-state index contributed by atoms with van der Waals surface area (Å²) in [5.41, 5.74) is 0.632. The number of esters is 1. The Kier molecular flexibility index (Phi) is 5.38. The second kappa shape index (κ2) is 7.70. The van der Waals surface area contributed by atoms with E-state index in [4.69, 9.17) is 16.3 Å². The first-order valence-electron chi connectivity index (χ1n) is 8.37. The molecule has 5 nitrogen and oxygen atoms in total. The monoisotopic (exact) mass is 370 g/mol. The van der Waals surface area contributed by atoms with Gasteiger partial charge in [0.1, 0.15) is 6.61 Å². The summed E-state index contributed by atoms with van der Waals surface area (Å²) in [6, 6.07) is 14.1. The highest BCUT2D eigenvalue weighted by molar-refractivity contribution is 6.31. The molecule has 3 rings (SSSR count). The minimum atomic E-state index is -0.585. The molecule has 0 atom stereocenters. The van der Waals surface area contributed by atoms with Crippen LogP contribution in [0.4, 0.5) is 0 Å². The maximum atomic E-state index is 12.6. The molecule has 0 aliphatic rings. The zero-order valence-corrected chi connectivity index (χ0v) is 15.4. The lowest BCUT2D eigenvalue weighted by molar-refractivity contribution is 0.0465. The molecule has 0 aliphatic carbocycles. The van der Waals surface area contributed by atoms with Crippen LogP contribution in [0.5, 0.6) is 0 Å². The number of carbonyl (C=O) groups is 1. The molecule has 0 bridgehead atoms. The van der Waals surface area contributed by atoms with E-state index in [1.807, 2.05) is 26.0 Å². The van der Waals surface area contributed by atoms with Crippen LogP contribution in [0.25, 0.3) is 10.8 Å². The summed E-state index contributed by atoms with van der Waals surface area (Å²) < 4.78 is 6.73. The van der Waals surface area contributed by atoms with Crippen molar-refractivity contribution in [3.05, 3.63) is 75.2 Å². The first-order chi connectivity index (χ1) is 12.5. The summed E-state index contributed by atoms with van der Waals surface area (Å²) in [7, 11) is 0. The average Bonchev–Trinajstić information content (AvgIpc) is 2.63. The van der Waals surface area contributed by atoms with Crippen molar-refractivity contribution in [1.82, 2.24) is 9.78 Å². The number of halogens is 1. The van der Waals surface area contributed by atoms with Gasteiger partial charge in [-0.3, -0.25) is 4.79 Å². The first kappa shape index (κ1) is 18.1. The Bertz CT molecular complexity index is 1010. The van der Waals surface area contributed by atoms with Gasteiger partial charge < -0.3 is 4.74 Å². The second-order valence-electron chi connectivity index (χ2n) is 6.44. The van der Waals surface area contributed by atoms with Gasteiger partial charge in [0.25, 0.3) is 5.56 Å². The summed E-state index contributed by atoms with van der Waals surface area (Å²) in [5, 5.41) is 5.74. The standard InChI is InChI=1S/C20H19ClN2O3/c1-13(2)11-23-19(24)16-9-5-4-8-15(16)18(22-23)20(25)26-12-14-7-3-6-10-17(14)21/h3-10,13H,11-12H2,1-2H3. The zero-order chi connectivity index (χ0) is 18.7. The van der Waals surface area contributed by atoms with Gasteiger partial charge in [0.2, 0.25) is 0 Å². The lowest BCUT2D eigenvalue weighted by Crippen LogP contribution is -2.28. The Balaban J connectivity index is 1.97. The molecule has 0 amide bonds. The van der Waals surface area contributed by atoms with Gasteiger partial charge in [0.05, 0.1) is 5.39 Å². The smallest absolute Gasteiger partial charge is 0.359 e. The van der Waals surface area contributed by atoms with Crippen LogP contribution in [0, 0.1) is 5.92 Å². The van der Waals surface area contributed by atoms with Crippen molar-refractivity contribution < 1.29 is 9.53 Å². The van der Waals surface area contributed by atoms with Crippen LogP contribution >= 0.6 is 11.6 Å². The highest BCUT2D eigenvalue weighted by atomic mass is 35.5. The molecule has 0 aliphatic heterocycles. The third-order valence-electron chi connectivity index (χ3n) is 3.92. The van der Waals surface area contributed by atoms with E-state index in [0.717, 1.165) is 0 Å². The number of rotatable bonds is 5. The van der Waals surface area contributed by atoms with Gasteiger partial charge in [0, 0.05) is 22.5 Å². The fraction of sp³-hybridized carbons (Fsp3) is 0.250. The quantitative estimate of drug-likeness (QED) is 0.635. The molecule has 134 valence electrons. The Hall–Kier alpha value is -2.66. The topological polar surface area (TPSA) is 61.2 Å². The predicted molar refractivity (Wildman–Crippen MR) is 101 cm³/mol. The van der Waals surface area contributed by atoms with Crippen LogP contribution in [0.1, 0.15) is 29.9 Å². The lowest BCUT2D eigenvalue weighted by Gasteiger charge is -2.12. The third-order valence-corrected chi connectivity index (χ3v) is 4.28. The van der Waals surface area contributed by atoms with Gasteiger partial charge in [-0.2, -0.15) is 5.10 Å². The van der Waals surface area contributed by atoms with E-state index in [2.05, 4.69) is 5.10 Å². The third kappa shape index (κ3) is 3.78. The number of hydrogen-bond acceptors (Lipinski definition) is 4. The van der Waals surface area contributed by atoms with Gasteiger partial charge >= 0.3 is 5.97 Å². The maximum Gasteiger partial charge on any atom is 0.359 e. The molecule has 0 saturated carbocycles. The fourth-order valence-electron chi connectivity index (χ4n) is 2.68. The number of aromatic nitrogens is 2. The lowest BCUT2D eigenvalue weighted by atomic mass is 10.1. The molecular formula is C20H19ClN2O3. The molecule has 0 saturated heterocycles. The molecule has 3 aromatic rings. The molecular weight excluding hydrogens is 352 g/mol. The van der Waals surface area contributed by atoms with Crippen molar-refractivity contribution in [2.24, 2.45) is 5.92 Å². The Morgan fingerprint density at radius 3 is 2.46 bits per heavy atom. The van der Waals surface area contributed by atoms with Crippen molar-refractivity contribution in [1.29, 1.82) is 0 Å². The Morgan fingerprint density at radius 2 is 1.77 bits per heavy atom.